The molecule has 0 saturated heterocycles. The third kappa shape index (κ3) is 5.67. The van der Waals surface area contributed by atoms with Crippen molar-refractivity contribution in [3.05, 3.63) is 28.8 Å². The third-order valence-corrected chi connectivity index (χ3v) is 4.24. The summed E-state index contributed by atoms with van der Waals surface area (Å²) in [5.41, 5.74) is 11.0. The summed E-state index contributed by atoms with van der Waals surface area (Å²) >= 11 is 0. The average molecular weight is 261 g/mol. The van der Waals surface area contributed by atoms with E-state index >= 15 is 0 Å². The predicted octanol–water partition coefficient (Wildman–Crippen LogP) is 5.57. The van der Waals surface area contributed by atoms with Crippen LogP contribution in [0.5, 0.6) is 0 Å². The van der Waals surface area contributed by atoms with Crippen molar-refractivity contribution in [1.82, 2.24) is 0 Å². The molecule has 1 heteroatoms. The highest BCUT2D eigenvalue weighted by atomic mass is 14.6. The van der Waals surface area contributed by atoms with Crippen LogP contribution in [0.4, 0.5) is 5.69 Å². The number of unbranched alkanes of at least 4 members (excludes halogenated alkanes) is 7. The van der Waals surface area contributed by atoms with E-state index in [0.29, 0.717) is 0 Å². The number of aryl methyl sites for hydroxylation is 1. The van der Waals surface area contributed by atoms with E-state index in [0.717, 1.165) is 5.69 Å². The molecule has 0 aliphatic rings. The quantitative estimate of drug-likeness (QED) is 0.456. The van der Waals surface area contributed by atoms with Gasteiger partial charge in [-0.3, -0.25) is 0 Å². The van der Waals surface area contributed by atoms with Crippen molar-refractivity contribution >= 4 is 5.69 Å². The number of nitrogen functional groups attached to an aromatic ring is 1. The third-order valence-electron chi connectivity index (χ3n) is 4.24. The van der Waals surface area contributed by atoms with Gasteiger partial charge in [-0.1, -0.05) is 57.9 Å². The Labute approximate surface area is 119 Å². The van der Waals surface area contributed by atoms with Crippen molar-refractivity contribution < 1.29 is 0 Å². The molecule has 19 heavy (non-hydrogen) atoms. The first-order chi connectivity index (χ1) is 9.16. The summed E-state index contributed by atoms with van der Waals surface area (Å²) in [5.74, 6) is 0. The lowest BCUT2D eigenvalue weighted by Crippen LogP contribution is -1.97. The van der Waals surface area contributed by atoms with E-state index in [2.05, 4.69) is 32.9 Å². The second-order valence-electron chi connectivity index (χ2n) is 5.79. The molecule has 1 aromatic carbocycles. The first-order valence-corrected chi connectivity index (χ1v) is 8.01. The van der Waals surface area contributed by atoms with Gasteiger partial charge < -0.3 is 5.73 Å². The van der Waals surface area contributed by atoms with E-state index in [4.69, 9.17) is 5.73 Å². The Bertz CT molecular complexity index is 368. The van der Waals surface area contributed by atoms with Crippen LogP contribution in [0.1, 0.15) is 75.0 Å². The second-order valence-corrected chi connectivity index (χ2v) is 5.79. The van der Waals surface area contributed by atoms with Gasteiger partial charge in [-0.05, 0) is 49.4 Å². The van der Waals surface area contributed by atoms with E-state index in [1.165, 1.54) is 74.5 Å². The fourth-order valence-corrected chi connectivity index (χ4v) is 2.62. The number of anilines is 1. The molecule has 0 radical (unpaired) electrons. The van der Waals surface area contributed by atoms with Crippen LogP contribution in [0.3, 0.4) is 0 Å². The molecule has 0 spiro atoms. The van der Waals surface area contributed by atoms with Crippen LogP contribution in [0.2, 0.25) is 0 Å². The number of benzene rings is 1. The van der Waals surface area contributed by atoms with Gasteiger partial charge in [-0.2, -0.15) is 0 Å². The van der Waals surface area contributed by atoms with Gasteiger partial charge in [0.05, 0.1) is 0 Å². The summed E-state index contributed by atoms with van der Waals surface area (Å²) in [6.07, 6.45) is 12.3. The molecule has 0 saturated carbocycles. The molecule has 0 bridgehead atoms. The minimum atomic E-state index is 0.928. The molecule has 0 fully saturated rings. The molecule has 0 amide bonds. The number of rotatable bonds is 9. The Morgan fingerprint density at radius 2 is 1.37 bits per heavy atom. The number of hydrogen-bond acceptors (Lipinski definition) is 1. The lowest BCUT2D eigenvalue weighted by atomic mass is 9.97. The Balaban J connectivity index is 2.18. The predicted molar refractivity (Wildman–Crippen MR) is 86.6 cm³/mol. The highest BCUT2D eigenvalue weighted by Gasteiger charge is 2.03. The van der Waals surface area contributed by atoms with Crippen LogP contribution in [0, 0.1) is 13.8 Å². The van der Waals surface area contributed by atoms with Crippen LogP contribution < -0.4 is 5.73 Å². The first-order valence-electron chi connectivity index (χ1n) is 8.01. The van der Waals surface area contributed by atoms with E-state index in [1.54, 1.807) is 0 Å². The van der Waals surface area contributed by atoms with Crippen LogP contribution in [-0.4, -0.2) is 0 Å². The Hall–Kier alpha value is -0.980. The molecule has 1 nitrogen and oxygen atoms in total. The summed E-state index contributed by atoms with van der Waals surface area (Å²) in [7, 11) is 0. The normalized spacial score (nSPS) is 10.9. The van der Waals surface area contributed by atoms with Crippen molar-refractivity contribution in [3.8, 4) is 0 Å². The van der Waals surface area contributed by atoms with E-state index in [1.807, 2.05) is 0 Å². The molecule has 0 atom stereocenters. The summed E-state index contributed by atoms with van der Waals surface area (Å²) < 4.78 is 0. The summed E-state index contributed by atoms with van der Waals surface area (Å²) in [4.78, 5) is 0. The second kappa shape index (κ2) is 9.01. The molecular formula is C18H31N. The minimum Gasteiger partial charge on any atom is -0.399 e. The van der Waals surface area contributed by atoms with Gasteiger partial charge in [0, 0.05) is 5.69 Å². The van der Waals surface area contributed by atoms with Crippen molar-refractivity contribution in [2.75, 3.05) is 5.73 Å². The molecular weight excluding hydrogens is 230 g/mol. The van der Waals surface area contributed by atoms with Crippen LogP contribution in [-0.2, 0) is 6.42 Å². The van der Waals surface area contributed by atoms with Crippen molar-refractivity contribution in [3.63, 3.8) is 0 Å². The molecule has 0 heterocycles. The van der Waals surface area contributed by atoms with Crippen LogP contribution in [0.15, 0.2) is 12.1 Å². The highest BCUT2D eigenvalue weighted by Crippen LogP contribution is 2.21. The largest absolute Gasteiger partial charge is 0.399 e. The molecule has 2 N–H and O–H groups in total. The van der Waals surface area contributed by atoms with Gasteiger partial charge in [0.15, 0.2) is 0 Å². The summed E-state index contributed by atoms with van der Waals surface area (Å²) in [6, 6.07) is 4.27. The SMILES string of the molecule is CCCCCCCCCCc1ccc(N)c(C)c1C. The molecule has 0 unspecified atom stereocenters. The fraction of sp³-hybridized carbons (Fsp3) is 0.667. The minimum absolute atomic E-state index is 0.928. The molecule has 108 valence electrons. The highest BCUT2D eigenvalue weighted by molar-refractivity contribution is 5.52. The molecule has 0 aromatic heterocycles. The lowest BCUT2D eigenvalue weighted by Gasteiger charge is -2.10. The van der Waals surface area contributed by atoms with Gasteiger partial charge in [0.1, 0.15) is 0 Å². The first kappa shape index (κ1) is 16.1. The Morgan fingerprint density at radius 1 is 0.789 bits per heavy atom. The standard InChI is InChI=1S/C18H31N/c1-4-5-6-7-8-9-10-11-12-17-13-14-18(19)16(3)15(17)2/h13-14H,4-12,19H2,1-3H3. The smallest absolute Gasteiger partial charge is 0.0346 e. The average Bonchev–Trinajstić information content (AvgIpc) is 2.41. The van der Waals surface area contributed by atoms with Gasteiger partial charge >= 0.3 is 0 Å². The van der Waals surface area contributed by atoms with Gasteiger partial charge in [-0.25, -0.2) is 0 Å². The zero-order valence-corrected chi connectivity index (χ0v) is 13.1. The zero-order valence-electron chi connectivity index (χ0n) is 13.1. The Kier molecular flexibility index (Phi) is 7.62. The maximum Gasteiger partial charge on any atom is 0.0346 e. The summed E-state index contributed by atoms with van der Waals surface area (Å²) in [5, 5.41) is 0. The molecule has 1 aromatic rings. The van der Waals surface area contributed by atoms with Gasteiger partial charge in [0.2, 0.25) is 0 Å². The summed E-state index contributed by atoms with van der Waals surface area (Å²) in [6.45, 7) is 6.60. The molecule has 0 aliphatic heterocycles. The van der Waals surface area contributed by atoms with Gasteiger partial charge in [-0.15, -0.1) is 0 Å². The number of nitrogens with two attached hydrogens (primary N) is 1. The fourth-order valence-electron chi connectivity index (χ4n) is 2.62. The van der Waals surface area contributed by atoms with Crippen molar-refractivity contribution in [2.45, 2.75) is 78.6 Å². The number of hydrogen-bond donors (Lipinski definition) is 1. The van der Waals surface area contributed by atoms with E-state index < -0.39 is 0 Å². The van der Waals surface area contributed by atoms with E-state index in [9.17, 15) is 0 Å². The van der Waals surface area contributed by atoms with Crippen molar-refractivity contribution in [1.29, 1.82) is 0 Å². The van der Waals surface area contributed by atoms with Crippen molar-refractivity contribution in [2.24, 2.45) is 0 Å². The van der Waals surface area contributed by atoms with Gasteiger partial charge in [0.25, 0.3) is 0 Å². The maximum atomic E-state index is 5.92. The monoisotopic (exact) mass is 261 g/mol. The Morgan fingerprint density at radius 3 is 2.00 bits per heavy atom. The topological polar surface area (TPSA) is 26.0 Å². The van der Waals surface area contributed by atoms with Crippen LogP contribution in [0.25, 0.3) is 0 Å². The zero-order chi connectivity index (χ0) is 14.1. The molecule has 1 rings (SSSR count). The maximum absolute atomic E-state index is 5.92. The van der Waals surface area contributed by atoms with E-state index in [-0.39, 0.29) is 0 Å². The lowest BCUT2D eigenvalue weighted by molar-refractivity contribution is 0.575. The molecule has 0 aliphatic carbocycles. The van der Waals surface area contributed by atoms with Crippen LogP contribution >= 0.6 is 0 Å².